The molecule has 2 rings (SSSR count). The van der Waals surface area contributed by atoms with Gasteiger partial charge in [0.05, 0.1) is 29.5 Å². The van der Waals surface area contributed by atoms with Gasteiger partial charge >= 0.3 is 0 Å². The van der Waals surface area contributed by atoms with Crippen molar-refractivity contribution in [1.29, 1.82) is 0 Å². The second-order valence-electron chi connectivity index (χ2n) is 3.53. The molecule has 2 aromatic rings. The summed E-state index contributed by atoms with van der Waals surface area (Å²) in [6.45, 7) is 3.49. The Morgan fingerprint density at radius 1 is 1.35 bits per heavy atom. The van der Waals surface area contributed by atoms with E-state index in [2.05, 4.69) is 31.0 Å². The van der Waals surface area contributed by atoms with Gasteiger partial charge in [0, 0.05) is 0 Å². The molecule has 0 saturated carbocycles. The molecule has 0 aliphatic rings. The van der Waals surface area contributed by atoms with E-state index in [1.165, 1.54) is 17.1 Å². The van der Waals surface area contributed by atoms with Gasteiger partial charge in [-0.15, -0.1) is 0 Å². The highest BCUT2D eigenvalue weighted by molar-refractivity contribution is 9.10. The minimum atomic E-state index is -0.345. The molecule has 0 aromatic carbocycles. The molecule has 7 heteroatoms. The van der Waals surface area contributed by atoms with Gasteiger partial charge in [0.15, 0.2) is 0 Å². The number of anilines is 1. The van der Waals surface area contributed by atoms with E-state index in [0.717, 1.165) is 0 Å². The van der Waals surface area contributed by atoms with Crippen LogP contribution in [0.25, 0.3) is 0 Å². The number of aryl methyl sites for hydroxylation is 1. The van der Waals surface area contributed by atoms with Crippen molar-refractivity contribution in [1.82, 2.24) is 19.7 Å². The highest BCUT2D eigenvalue weighted by Crippen LogP contribution is 2.15. The first-order valence-electron chi connectivity index (χ1n) is 4.84. The van der Waals surface area contributed by atoms with Crippen molar-refractivity contribution >= 4 is 27.5 Å². The van der Waals surface area contributed by atoms with E-state index in [9.17, 15) is 4.79 Å². The summed E-state index contributed by atoms with van der Waals surface area (Å²) >= 11 is 3.15. The Morgan fingerprint density at radius 2 is 2.06 bits per heavy atom. The van der Waals surface area contributed by atoms with Crippen molar-refractivity contribution in [2.45, 2.75) is 13.8 Å². The fourth-order valence-electron chi connectivity index (χ4n) is 1.38. The molecule has 0 radical (unpaired) electrons. The highest BCUT2D eigenvalue weighted by atomic mass is 79.9. The maximum atomic E-state index is 12.1. The molecule has 6 nitrogen and oxygen atoms in total. The number of carbonyl (C=O) groups is 1. The minimum absolute atomic E-state index is 0.221. The van der Waals surface area contributed by atoms with Gasteiger partial charge in [-0.1, -0.05) is 0 Å². The molecule has 2 aromatic heterocycles. The van der Waals surface area contributed by atoms with E-state index in [1.54, 1.807) is 13.8 Å². The van der Waals surface area contributed by atoms with Crippen LogP contribution in [-0.2, 0) is 0 Å². The van der Waals surface area contributed by atoms with Crippen LogP contribution in [-0.4, -0.2) is 25.7 Å². The number of rotatable bonds is 1. The fraction of sp³-hybridized carbons (Fsp3) is 0.200. The van der Waals surface area contributed by atoms with Crippen LogP contribution in [0.15, 0.2) is 17.0 Å². The van der Waals surface area contributed by atoms with Crippen molar-refractivity contribution in [2.75, 3.05) is 5.73 Å². The third-order valence-corrected chi connectivity index (χ3v) is 2.79. The lowest BCUT2D eigenvalue weighted by Crippen LogP contribution is -2.17. The Balaban J connectivity index is 2.44. The third kappa shape index (κ3) is 2.05. The molecule has 0 saturated heterocycles. The molecule has 2 N–H and O–H groups in total. The number of nitrogens with two attached hydrogens (primary N) is 1. The lowest BCUT2D eigenvalue weighted by Gasteiger charge is -2.01. The molecule has 88 valence electrons. The molecule has 0 amide bonds. The molecule has 0 fully saturated rings. The first-order valence-corrected chi connectivity index (χ1v) is 5.64. The summed E-state index contributed by atoms with van der Waals surface area (Å²) in [5, 5.41) is 4.07. The van der Waals surface area contributed by atoms with Crippen molar-refractivity contribution < 1.29 is 4.79 Å². The molecule has 0 unspecified atom stereocenters. The number of hydrogen-bond acceptors (Lipinski definition) is 5. The van der Waals surface area contributed by atoms with Crippen LogP contribution in [0.1, 0.15) is 21.9 Å². The maximum absolute atomic E-state index is 12.1. The van der Waals surface area contributed by atoms with Gasteiger partial charge in [0.2, 0.25) is 0 Å². The predicted octanol–water partition coefficient (Wildman–Crippen LogP) is 1.32. The lowest BCUT2D eigenvalue weighted by molar-refractivity contribution is 0.0937. The molecular weight excluding hydrogens is 286 g/mol. The van der Waals surface area contributed by atoms with Crippen molar-refractivity contribution in [3.8, 4) is 0 Å². The summed E-state index contributed by atoms with van der Waals surface area (Å²) in [7, 11) is 0. The van der Waals surface area contributed by atoms with Crippen LogP contribution in [0.2, 0.25) is 0 Å². The monoisotopic (exact) mass is 295 g/mol. The van der Waals surface area contributed by atoms with Crippen LogP contribution in [0.5, 0.6) is 0 Å². The van der Waals surface area contributed by atoms with Gasteiger partial charge < -0.3 is 5.73 Å². The van der Waals surface area contributed by atoms with Gasteiger partial charge in [0.1, 0.15) is 10.3 Å². The summed E-state index contributed by atoms with van der Waals surface area (Å²) in [4.78, 5) is 20.0. The second kappa shape index (κ2) is 4.25. The van der Waals surface area contributed by atoms with Crippen LogP contribution < -0.4 is 5.73 Å². The largest absolute Gasteiger partial charge is 0.396 e. The number of halogens is 1. The summed E-state index contributed by atoms with van der Waals surface area (Å²) in [6, 6.07) is 0. The quantitative estimate of drug-likeness (QED) is 0.857. The predicted molar refractivity (Wildman–Crippen MR) is 65.6 cm³/mol. The summed E-state index contributed by atoms with van der Waals surface area (Å²) < 4.78 is 1.81. The number of nitrogen functional groups attached to an aromatic ring is 1. The average molecular weight is 296 g/mol. The first-order chi connectivity index (χ1) is 8.00. The molecule has 17 heavy (non-hydrogen) atoms. The van der Waals surface area contributed by atoms with Crippen LogP contribution in [0, 0.1) is 13.8 Å². The first kappa shape index (κ1) is 11.7. The minimum Gasteiger partial charge on any atom is -0.396 e. The summed E-state index contributed by atoms with van der Waals surface area (Å²) in [5.41, 5.74) is 7.74. The van der Waals surface area contributed by atoms with Gasteiger partial charge in [-0.05, 0) is 29.8 Å². The van der Waals surface area contributed by atoms with E-state index in [4.69, 9.17) is 5.73 Å². The van der Waals surface area contributed by atoms with E-state index in [-0.39, 0.29) is 11.6 Å². The zero-order chi connectivity index (χ0) is 12.6. The van der Waals surface area contributed by atoms with Crippen molar-refractivity contribution in [3.63, 3.8) is 0 Å². The molecule has 0 aliphatic carbocycles. The van der Waals surface area contributed by atoms with Crippen LogP contribution in [0.3, 0.4) is 0 Å². The Bertz CT molecular complexity index is 575. The van der Waals surface area contributed by atoms with E-state index in [0.29, 0.717) is 21.7 Å². The fourth-order valence-corrected chi connectivity index (χ4v) is 1.59. The number of carbonyl (C=O) groups excluding carboxylic acids is 1. The Kier molecular flexibility index (Phi) is 2.93. The number of nitrogens with zero attached hydrogens (tertiary/aromatic N) is 4. The SMILES string of the molecule is Cc1nn(C(=O)c2cnc(Br)cn2)c(C)c1N. The molecule has 2 heterocycles. The zero-order valence-corrected chi connectivity index (χ0v) is 10.9. The van der Waals surface area contributed by atoms with E-state index >= 15 is 0 Å². The lowest BCUT2D eigenvalue weighted by atomic mass is 10.3. The van der Waals surface area contributed by atoms with Gasteiger partial charge in [-0.3, -0.25) is 4.79 Å². The van der Waals surface area contributed by atoms with Crippen LogP contribution >= 0.6 is 15.9 Å². The zero-order valence-electron chi connectivity index (χ0n) is 9.31. The molecule has 0 aliphatic heterocycles. The van der Waals surface area contributed by atoms with E-state index in [1.807, 2.05) is 0 Å². The number of aromatic nitrogens is 4. The van der Waals surface area contributed by atoms with Gasteiger partial charge in [-0.2, -0.15) is 9.78 Å². The van der Waals surface area contributed by atoms with Crippen LogP contribution in [0.4, 0.5) is 5.69 Å². The smallest absolute Gasteiger partial charge is 0.298 e. The highest BCUT2D eigenvalue weighted by Gasteiger charge is 2.17. The normalized spacial score (nSPS) is 10.5. The third-order valence-electron chi connectivity index (χ3n) is 2.38. The molecule has 0 spiro atoms. The molecule has 0 atom stereocenters. The average Bonchev–Trinajstić information content (AvgIpc) is 2.57. The Hall–Kier alpha value is -1.76. The van der Waals surface area contributed by atoms with Crippen molar-refractivity contribution in [2.24, 2.45) is 0 Å². The Morgan fingerprint density at radius 3 is 2.53 bits per heavy atom. The van der Waals surface area contributed by atoms with Crippen molar-refractivity contribution in [3.05, 3.63) is 34.1 Å². The summed E-state index contributed by atoms with van der Waals surface area (Å²) in [6.07, 6.45) is 2.85. The summed E-state index contributed by atoms with van der Waals surface area (Å²) in [5.74, 6) is -0.345. The van der Waals surface area contributed by atoms with Gasteiger partial charge in [0.25, 0.3) is 5.91 Å². The standard InChI is InChI=1S/C10H10BrN5O/c1-5-9(12)6(2)16(15-5)10(17)7-3-14-8(11)4-13-7/h3-4H,12H2,1-2H3. The molecule has 0 bridgehead atoms. The van der Waals surface area contributed by atoms with E-state index < -0.39 is 0 Å². The molecular formula is C10H10BrN5O. The Labute approximate surface area is 106 Å². The second-order valence-corrected chi connectivity index (χ2v) is 4.34. The topological polar surface area (TPSA) is 86.7 Å². The van der Waals surface area contributed by atoms with Gasteiger partial charge in [-0.25, -0.2) is 9.97 Å². The maximum Gasteiger partial charge on any atom is 0.298 e. The number of hydrogen-bond donors (Lipinski definition) is 1.